The van der Waals surface area contributed by atoms with Gasteiger partial charge in [-0.25, -0.2) is 13.6 Å². The smallest absolute Gasteiger partial charge is 0.276 e. The lowest BCUT2D eigenvalue weighted by Crippen LogP contribution is -2.30. The molecular weight excluding hydrogens is 283 g/mol. The van der Waals surface area contributed by atoms with E-state index in [-0.39, 0.29) is 0 Å². The molecule has 0 amide bonds. The summed E-state index contributed by atoms with van der Waals surface area (Å²) in [7, 11) is -5.34. The van der Waals surface area contributed by atoms with Crippen molar-refractivity contribution in [2.75, 3.05) is 0 Å². The van der Waals surface area contributed by atoms with Crippen LogP contribution >= 0.6 is 11.6 Å². The van der Waals surface area contributed by atoms with Gasteiger partial charge in [-0.3, -0.25) is 4.79 Å². The monoisotopic (exact) mass is 289 g/mol. The molecule has 0 aromatic heterocycles. The van der Waals surface area contributed by atoms with Gasteiger partial charge in [0.2, 0.25) is 0 Å². The van der Waals surface area contributed by atoms with Crippen LogP contribution in [0, 0.1) is 0 Å². The van der Waals surface area contributed by atoms with Crippen LogP contribution in [0.4, 0.5) is 13.2 Å². The summed E-state index contributed by atoms with van der Waals surface area (Å²) in [5, 5.41) is 3.25. The predicted octanol–water partition coefficient (Wildman–Crippen LogP) is 1.86. The Morgan fingerprint density at radius 1 is 1.18 bits per heavy atom. The van der Waals surface area contributed by atoms with E-state index in [0.717, 1.165) is 0 Å². The summed E-state index contributed by atoms with van der Waals surface area (Å²) in [6, 6.07) is 8.74. The topological polar surface area (TPSA) is 77.2 Å². The van der Waals surface area contributed by atoms with Gasteiger partial charge in [0, 0.05) is 5.56 Å². The zero-order chi connectivity index (χ0) is 13.7. The molecule has 2 N–H and O–H groups in total. The van der Waals surface area contributed by atoms with Crippen LogP contribution < -0.4 is 5.14 Å². The second-order valence-electron chi connectivity index (χ2n) is 2.63. The first kappa shape index (κ1) is 15.9. The molecule has 0 heterocycles. The number of benzene rings is 1. The maximum Gasteiger partial charge on any atom is 0.511 e. The number of halogens is 4. The van der Waals surface area contributed by atoms with Crippen LogP contribution in [0.5, 0.6) is 0 Å². The van der Waals surface area contributed by atoms with Crippen molar-refractivity contribution in [3.05, 3.63) is 35.9 Å². The SMILES string of the molecule is NS(=O)(=O)C(F)(F)F.O=C(Cl)c1ccccc1. The van der Waals surface area contributed by atoms with E-state index >= 15 is 0 Å². The average Bonchev–Trinajstić information content (AvgIpc) is 2.17. The molecule has 0 fully saturated rings. The fraction of sp³-hybridized carbons (Fsp3) is 0.125. The first-order chi connectivity index (χ1) is 7.55. The maximum absolute atomic E-state index is 10.8. The van der Waals surface area contributed by atoms with Gasteiger partial charge in [0.05, 0.1) is 0 Å². The quantitative estimate of drug-likeness (QED) is 0.802. The van der Waals surface area contributed by atoms with Crippen molar-refractivity contribution in [2.45, 2.75) is 5.51 Å². The highest BCUT2D eigenvalue weighted by Crippen LogP contribution is 2.18. The van der Waals surface area contributed by atoms with E-state index < -0.39 is 20.8 Å². The molecule has 0 saturated heterocycles. The summed E-state index contributed by atoms with van der Waals surface area (Å²) >= 11 is 5.16. The van der Waals surface area contributed by atoms with E-state index in [1.54, 1.807) is 24.3 Å². The minimum absolute atomic E-state index is 0.407. The molecule has 4 nitrogen and oxygen atoms in total. The lowest BCUT2D eigenvalue weighted by Gasteiger charge is -1.98. The number of carbonyl (C=O) groups is 1. The molecular formula is C8H7ClF3NO3S. The fourth-order valence-corrected chi connectivity index (χ4v) is 0.695. The van der Waals surface area contributed by atoms with Gasteiger partial charge in [-0.2, -0.15) is 13.2 Å². The third-order valence-electron chi connectivity index (χ3n) is 1.32. The van der Waals surface area contributed by atoms with E-state index in [9.17, 15) is 26.4 Å². The molecule has 0 saturated carbocycles. The van der Waals surface area contributed by atoms with Gasteiger partial charge in [-0.05, 0) is 11.6 Å². The van der Waals surface area contributed by atoms with Gasteiger partial charge in [0.15, 0.2) is 0 Å². The summed E-state index contributed by atoms with van der Waals surface area (Å²) in [6.45, 7) is 0. The number of rotatable bonds is 1. The molecule has 1 aromatic rings. The Labute approximate surface area is 100 Å². The van der Waals surface area contributed by atoms with Crippen molar-refractivity contribution >= 4 is 26.9 Å². The van der Waals surface area contributed by atoms with Crippen LogP contribution in [0.3, 0.4) is 0 Å². The van der Waals surface area contributed by atoms with Crippen molar-refractivity contribution in [3.63, 3.8) is 0 Å². The van der Waals surface area contributed by atoms with Crippen molar-refractivity contribution in [1.82, 2.24) is 0 Å². The highest BCUT2D eigenvalue weighted by Gasteiger charge is 2.42. The van der Waals surface area contributed by atoms with Crippen LogP contribution in [0.15, 0.2) is 30.3 Å². The third-order valence-corrected chi connectivity index (χ3v) is 2.19. The molecule has 1 rings (SSSR count). The highest BCUT2D eigenvalue weighted by atomic mass is 35.5. The molecule has 0 radical (unpaired) electrons. The molecule has 1 aromatic carbocycles. The predicted molar refractivity (Wildman–Crippen MR) is 55.8 cm³/mol. The molecule has 0 aliphatic rings. The summed E-state index contributed by atoms with van der Waals surface area (Å²) < 4.78 is 51.2. The lowest BCUT2D eigenvalue weighted by atomic mass is 10.2. The van der Waals surface area contributed by atoms with E-state index in [1.807, 2.05) is 6.07 Å². The van der Waals surface area contributed by atoms with Crippen molar-refractivity contribution < 1.29 is 26.4 Å². The Kier molecular flexibility index (Phi) is 5.59. The number of nitrogens with two attached hydrogens (primary N) is 1. The number of alkyl halides is 3. The molecule has 0 spiro atoms. The van der Waals surface area contributed by atoms with Gasteiger partial charge in [-0.15, -0.1) is 0 Å². The van der Waals surface area contributed by atoms with Gasteiger partial charge >= 0.3 is 15.5 Å². The van der Waals surface area contributed by atoms with Gasteiger partial charge in [-0.1, -0.05) is 30.3 Å². The van der Waals surface area contributed by atoms with E-state index in [0.29, 0.717) is 5.56 Å². The number of carbonyl (C=O) groups excluding carboxylic acids is 1. The zero-order valence-electron chi connectivity index (χ0n) is 8.11. The standard InChI is InChI=1S/C7H5ClO.CH2F3NO2S/c8-7(9)6-4-2-1-3-5-6;2-1(3,4)8(5,6)7/h1-5H;(H2,5,6,7). The highest BCUT2D eigenvalue weighted by molar-refractivity contribution is 7.90. The molecule has 0 bridgehead atoms. The number of hydrogen-bond donors (Lipinski definition) is 1. The molecule has 9 heteroatoms. The largest absolute Gasteiger partial charge is 0.511 e. The second-order valence-corrected chi connectivity index (χ2v) is 4.53. The number of primary sulfonamides is 1. The van der Waals surface area contributed by atoms with Crippen molar-refractivity contribution in [3.8, 4) is 0 Å². The summed E-state index contributed by atoms with van der Waals surface area (Å²) in [5.74, 6) is 0. The minimum atomic E-state index is -5.34. The van der Waals surface area contributed by atoms with Crippen LogP contribution in [0.25, 0.3) is 0 Å². The second kappa shape index (κ2) is 5.99. The molecule has 96 valence electrons. The van der Waals surface area contributed by atoms with Crippen molar-refractivity contribution in [1.29, 1.82) is 0 Å². The van der Waals surface area contributed by atoms with Crippen LogP contribution in [-0.2, 0) is 10.0 Å². The summed E-state index contributed by atoms with van der Waals surface area (Å²) in [6.07, 6.45) is 0. The summed E-state index contributed by atoms with van der Waals surface area (Å²) in [5.41, 5.74) is -4.77. The van der Waals surface area contributed by atoms with E-state index in [1.165, 1.54) is 0 Å². The Morgan fingerprint density at radius 2 is 1.53 bits per heavy atom. The van der Waals surface area contributed by atoms with Crippen LogP contribution in [0.1, 0.15) is 10.4 Å². The minimum Gasteiger partial charge on any atom is -0.276 e. The zero-order valence-corrected chi connectivity index (χ0v) is 9.68. The van der Waals surface area contributed by atoms with Gasteiger partial charge in [0.1, 0.15) is 0 Å². The summed E-state index contributed by atoms with van der Waals surface area (Å²) in [4.78, 5) is 10.4. The van der Waals surface area contributed by atoms with E-state index in [2.05, 4.69) is 5.14 Å². The molecule has 0 unspecified atom stereocenters. The van der Waals surface area contributed by atoms with Crippen molar-refractivity contribution in [2.24, 2.45) is 5.14 Å². The Hall–Kier alpha value is -1.12. The maximum atomic E-state index is 10.8. The lowest BCUT2D eigenvalue weighted by molar-refractivity contribution is -0.0436. The molecule has 0 aliphatic carbocycles. The molecule has 0 aliphatic heterocycles. The molecule has 0 atom stereocenters. The third kappa shape index (κ3) is 6.25. The number of hydrogen-bond acceptors (Lipinski definition) is 3. The van der Waals surface area contributed by atoms with Crippen LogP contribution in [0.2, 0.25) is 0 Å². The van der Waals surface area contributed by atoms with Crippen LogP contribution in [-0.4, -0.2) is 19.2 Å². The average molecular weight is 290 g/mol. The number of sulfonamides is 1. The normalized spacial score (nSPS) is 11.4. The van der Waals surface area contributed by atoms with Gasteiger partial charge < -0.3 is 0 Å². The van der Waals surface area contributed by atoms with Gasteiger partial charge in [0.25, 0.3) is 5.24 Å². The Bertz CT molecular complexity index is 473. The Balaban J connectivity index is 0.000000304. The first-order valence-corrected chi connectivity index (χ1v) is 5.82. The fourth-order valence-electron chi connectivity index (χ4n) is 0.569. The molecule has 17 heavy (non-hydrogen) atoms. The first-order valence-electron chi connectivity index (χ1n) is 3.89. The van der Waals surface area contributed by atoms with E-state index in [4.69, 9.17) is 11.6 Å². The Morgan fingerprint density at radius 3 is 1.71 bits per heavy atom.